The molecule has 0 aliphatic heterocycles. The van der Waals surface area contributed by atoms with E-state index >= 15 is 0 Å². The molecule has 0 aromatic heterocycles. The third-order valence-electron chi connectivity index (χ3n) is 8.00. The summed E-state index contributed by atoms with van der Waals surface area (Å²) in [6, 6.07) is 11.0. The number of carbonyl (C=O) groups is 1. The van der Waals surface area contributed by atoms with E-state index in [1.54, 1.807) is 0 Å². The lowest BCUT2D eigenvalue weighted by atomic mass is 9.87. The maximum Gasteiger partial charge on any atom is 0.306 e. The normalized spacial score (nSPS) is 14.4. The second-order valence-electron chi connectivity index (χ2n) is 11.2. The van der Waals surface area contributed by atoms with Gasteiger partial charge in [-0.15, -0.1) is 0 Å². The van der Waals surface area contributed by atoms with Crippen LogP contribution in [-0.4, -0.2) is 5.97 Å². The van der Waals surface area contributed by atoms with Gasteiger partial charge in [0.05, 0.1) is 0 Å². The first kappa shape index (κ1) is 29.5. The van der Waals surface area contributed by atoms with Crippen LogP contribution in [0.25, 0.3) is 16.8 Å². The Balaban J connectivity index is 1.46. The van der Waals surface area contributed by atoms with E-state index in [4.69, 9.17) is 4.74 Å². The molecule has 2 aromatic rings. The van der Waals surface area contributed by atoms with Crippen molar-refractivity contribution in [2.45, 2.75) is 142 Å². The molecule has 0 heterocycles. The Bertz CT molecular complexity index is 957. The van der Waals surface area contributed by atoms with Gasteiger partial charge in [-0.1, -0.05) is 147 Å². The summed E-state index contributed by atoms with van der Waals surface area (Å²) in [6.07, 6.45) is 27.9. The molecule has 2 aromatic carbocycles. The molecule has 0 bridgehead atoms. The maximum absolute atomic E-state index is 12.6. The van der Waals surface area contributed by atoms with Crippen molar-refractivity contribution in [2.24, 2.45) is 0 Å². The second kappa shape index (κ2) is 17.4. The number of benzene rings is 2. The zero-order valence-corrected chi connectivity index (χ0v) is 23.9. The SMILES string of the molecule is CCCCCCCCCCCCc1ccc2cccc3c2c1C=CC3OC(=O)CCCCCCCCC. The fraction of sp³-hybridized carbons (Fsp3) is 0.629. The van der Waals surface area contributed by atoms with Crippen molar-refractivity contribution in [3.8, 4) is 0 Å². The standard InChI is InChI=1S/C35H52O2/c1-3-5-7-9-11-12-13-15-16-18-21-29-25-26-30-22-20-23-32-33(28-27-31(29)35(30)32)37-34(36)24-19-17-14-10-8-6-4-2/h20,22-23,25-28,33H,3-19,21,24H2,1-2H3. The molecule has 0 N–H and O–H groups in total. The first-order valence-electron chi connectivity index (χ1n) is 15.7. The van der Waals surface area contributed by atoms with Gasteiger partial charge < -0.3 is 4.74 Å². The molecule has 0 saturated carbocycles. The minimum absolute atomic E-state index is 0.0646. The van der Waals surface area contributed by atoms with Crippen LogP contribution in [0.2, 0.25) is 0 Å². The lowest BCUT2D eigenvalue weighted by molar-refractivity contribution is -0.147. The van der Waals surface area contributed by atoms with Crippen molar-refractivity contribution in [1.82, 2.24) is 0 Å². The van der Waals surface area contributed by atoms with Crippen molar-refractivity contribution >= 4 is 22.8 Å². The molecule has 0 saturated heterocycles. The largest absolute Gasteiger partial charge is 0.453 e. The number of rotatable bonds is 20. The highest BCUT2D eigenvalue weighted by atomic mass is 16.5. The van der Waals surface area contributed by atoms with Crippen LogP contribution in [-0.2, 0) is 16.0 Å². The summed E-state index contributed by atoms with van der Waals surface area (Å²) in [5, 5.41) is 2.53. The summed E-state index contributed by atoms with van der Waals surface area (Å²) < 4.78 is 5.96. The Hall–Kier alpha value is -2.09. The average Bonchev–Trinajstić information content (AvgIpc) is 2.91. The van der Waals surface area contributed by atoms with Gasteiger partial charge in [0.2, 0.25) is 0 Å². The van der Waals surface area contributed by atoms with Crippen LogP contribution in [0.4, 0.5) is 0 Å². The number of ether oxygens (including phenoxy) is 1. The Morgan fingerprint density at radius 3 is 1.95 bits per heavy atom. The van der Waals surface area contributed by atoms with E-state index < -0.39 is 0 Å². The van der Waals surface area contributed by atoms with E-state index in [0.717, 1.165) is 24.8 Å². The fourth-order valence-corrected chi connectivity index (χ4v) is 5.74. The lowest BCUT2D eigenvalue weighted by Gasteiger charge is -2.23. The summed E-state index contributed by atoms with van der Waals surface area (Å²) in [7, 11) is 0. The van der Waals surface area contributed by atoms with E-state index in [-0.39, 0.29) is 12.1 Å². The average molecular weight is 505 g/mol. The van der Waals surface area contributed by atoms with Crippen molar-refractivity contribution < 1.29 is 9.53 Å². The van der Waals surface area contributed by atoms with Crippen molar-refractivity contribution in [3.63, 3.8) is 0 Å². The molecule has 1 atom stereocenters. The topological polar surface area (TPSA) is 26.3 Å². The summed E-state index contributed by atoms with van der Waals surface area (Å²) in [5.74, 6) is -0.0646. The summed E-state index contributed by atoms with van der Waals surface area (Å²) in [4.78, 5) is 12.6. The zero-order chi connectivity index (χ0) is 26.1. The third kappa shape index (κ3) is 9.95. The molecule has 2 heteroatoms. The quantitative estimate of drug-likeness (QED) is 0.132. The minimum Gasteiger partial charge on any atom is -0.453 e. The van der Waals surface area contributed by atoms with Gasteiger partial charge in [-0.05, 0) is 47.2 Å². The van der Waals surface area contributed by atoms with Crippen LogP contribution >= 0.6 is 0 Å². The van der Waals surface area contributed by atoms with Gasteiger partial charge in [-0.3, -0.25) is 4.79 Å². The van der Waals surface area contributed by atoms with Crippen LogP contribution in [0.1, 0.15) is 152 Å². The molecule has 1 aliphatic carbocycles. The molecule has 0 amide bonds. The zero-order valence-electron chi connectivity index (χ0n) is 23.9. The molecular weight excluding hydrogens is 452 g/mol. The fourth-order valence-electron chi connectivity index (χ4n) is 5.74. The van der Waals surface area contributed by atoms with Gasteiger partial charge in [0.25, 0.3) is 0 Å². The number of hydrogen-bond acceptors (Lipinski definition) is 2. The van der Waals surface area contributed by atoms with Crippen LogP contribution in [0.15, 0.2) is 36.4 Å². The molecule has 1 unspecified atom stereocenters. The molecule has 0 fully saturated rings. The van der Waals surface area contributed by atoms with E-state index in [0.29, 0.717) is 6.42 Å². The van der Waals surface area contributed by atoms with E-state index in [1.807, 2.05) is 0 Å². The Morgan fingerprint density at radius 1 is 0.703 bits per heavy atom. The van der Waals surface area contributed by atoms with E-state index in [9.17, 15) is 4.79 Å². The number of hydrogen-bond donors (Lipinski definition) is 0. The summed E-state index contributed by atoms with van der Waals surface area (Å²) in [6.45, 7) is 4.53. The van der Waals surface area contributed by atoms with Crippen molar-refractivity contribution in [3.05, 3.63) is 53.1 Å². The number of esters is 1. The molecule has 37 heavy (non-hydrogen) atoms. The first-order chi connectivity index (χ1) is 18.2. The van der Waals surface area contributed by atoms with Gasteiger partial charge in [0.15, 0.2) is 0 Å². The highest BCUT2D eigenvalue weighted by Gasteiger charge is 2.22. The highest BCUT2D eigenvalue weighted by molar-refractivity contribution is 5.97. The van der Waals surface area contributed by atoms with Crippen LogP contribution in [0.3, 0.4) is 0 Å². The van der Waals surface area contributed by atoms with Crippen LogP contribution < -0.4 is 0 Å². The number of unbranched alkanes of at least 4 members (excludes halogenated alkanes) is 15. The predicted molar refractivity (Wildman–Crippen MR) is 160 cm³/mol. The van der Waals surface area contributed by atoms with Gasteiger partial charge in [-0.25, -0.2) is 0 Å². The summed E-state index contributed by atoms with van der Waals surface area (Å²) in [5.41, 5.74) is 3.92. The monoisotopic (exact) mass is 504 g/mol. The minimum atomic E-state index is -0.263. The van der Waals surface area contributed by atoms with Gasteiger partial charge in [-0.2, -0.15) is 0 Å². The molecule has 204 valence electrons. The van der Waals surface area contributed by atoms with Crippen molar-refractivity contribution in [1.29, 1.82) is 0 Å². The van der Waals surface area contributed by atoms with Crippen molar-refractivity contribution in [2.75, 3.05) is 0 Å². The van der Waals surface area contributed by atoms with E-state index in [2.05, 4.69) is 56.3 Å². The lowest BCUT2D eigenvalue weighted by Crippen LogP contribution is -2.12. The molecular formula is C35H52O2. The third-order valence-corrected chi connectivity index (χ3v) is 8.00. The molecule has 3 rings (SSSR count). The molecule has 0 radical (unpaired) electrons. The highest BCUT2D eigenvalue weighted by Crippen LogP contribution is 2.37. The predicted octanol–water partition coefficient (Wildman–Crippen LogP) is 11.1. The van der Waals surface area contributed by atoms with Gasteiger partial charge in [0, 0.05) is 12.0 Å². The number of aryl methyl sites for hydroxylation is 1. The summed E-state index contributed by atoms with van der Waals surface area (Å²) >= 11 is 0. The van der Waals surface area contributed by atoms with Crippen LogP contribution in [0.5, 0.6) is 0 Å². The van der Waals surface area contributed by atoms with Gasteiger partial charge >= 0.3 is 5.97 Å². The van der Waals surface area contributed by atoms with E-state index in [1.165, 1.54) is 118 Å². The second-order valence-corrected chi connectivity index (χ2v) is 11.2. The molecule has 2 nitrogen and oxygen atoms in total. The molecule has 0 spiro atoms. The Morgan fingerprint density at radius 2 is 1.30 bits per heavy atom. The molecule has 1 aliphatic rings. The Kier molecular flexibility index (Phi) is 13.9. The smallest absolute Gasteiger partial charge is 0.306 e. The van der Waals surface area contributed by atoms with Gasteiger partial charge in [0.1, 0.15) is 6.10 Å². The van der Waals surface area contributed by atoms with Crippen LogP contribution in [0, 0.1) is 0 Å². The maximum atomic E-state index is 12.6. The first-order valence-corrected chi connectivity index (χ1v) is 15.7. The Labute approximate surface area is 227 Å². The number of carbonyl (C=O) groups excluding carboxylic acids is 1.